The van der Waals surface area contributed by atoms with E-state index in [0.29, 0.717) is 30.8 Å². The first-order valence-corrected chi connectivity index (χ1v) is 12.1. The van der Waals surface area contributed by atoms with Gasteiger partial charge in [0.15, 0.2) is 6.61 Å². The molecule has 1 saturated heterocycles. The Balaban J connectivity index is 1.94. The molecule has 2 amide bonds. The van der Waals surface area contributed by atoms with Crippen LogP contribution in [0.1, 0.15) is 63.9 Å². The number of amides is 2. The number of aryl methyl sites for hydroxylation is 1. The molecule has 0 aromatic heterocycles. The normalized spacial score (nSPS) is 15.4. The van der Waals surface area contributed by atoms with Crippen molar-refractivity contribution in [1.29, 1.82) is 0 Å². The van der Waals surface area contributed by atoms with Gasteiger partial charge in [0, 0.05) is 25.2 Å². The van der Waals surface area contributed by atoms with Gasteiger partial charge in [0.1, 0.15) is 0 Å². The van der Waals surface area contributed by atoms with Gasteiger partial charge in [0.05, 0.1) is 4.90 Å². The Morgan fingerprint density at radius 2 is 1.77 bits per heavy atom. The summed E-state index contributed by atoms with van der Waals surface area (Å²) in [5.41, 5.74) is 3.25. The zero-order valence-corrected chi connectivity index (χ0v) is 18.7. The number of sulfonamides is 1. The third-order valence-electron chi connectivity index (χ3n) is 5.05. The van der Waals surface area contributed by atoms with E-state index in [2.05, 4.69) is 17.7 Å². The van der Waals surface area contributed by atoms with Crippen LogP contribution in [0.5, 0.6) is 0 Å². The van der Waals surface area contributed by atoms with Gasteiger partial charge in [-0.2, -0.15) is 4.31 Å². The van der Waals surface area contributed by atoms with Crippen molar-refractivity contribution in [3.8, 4) is 0 Å². The summed E-state index contributed by atoms with van der Waals surface area (Å²) in [5, 5.41) is 2.62. The van der Waals surface area contributed by atoms with Gasteiger partial charge >= 0.3 is 0 Å². The summed E-state index contributed by atoms with van der Waals surface area (Å²) in [6, 6.07) is 4.81. The minimum absolute atomic E-state index is 0.201. The molecule has 0 spiro atoms. The van der Waals surface area contributed by atoms with Crippen molar-refractivity contribution in [3.63, 3.8) is 0 Å². The molecule has 168 valence electrons. The molecule has 1 fully saturated rings. The molecule has 0 unspecified atom stereocenters. The number of carbonyl (C=O) groups is 2. The second-order valence-electron chi connectivity index (χ2n) is 7.62. The van der Waals surface area contributed by atoms with Crippen molar-refractivity contribution in [2.24, 2.45) is 0 Å². The van der Waals surface area contributed by atoms with Crippen LogP contribution in [-0.4, -0.2) is 44.2 Å². The maximum absolute atomic E-state index is 13.1. The standard InChI is InChI=1S/C21H33N3O5S/c1-3-4-7-10-20(25)23-29-16-21(26)22-18-12-11-17(2)19(15-18)30(27,28)24-13-8-5-6-9-14-24/h11-12,15H,3-10,13-14,16H2,1-2H3,(H,22,26)(H,23,25). The Morgan fingerprint density at radius 3 is 2.43 bits per heavy atom. The Bertz CT molecular complexity index is 818. The van der Waals surface area contributed by atoms with Crippen molar-refractivity contribution in [3.05, 3.63) is 23.8 Å². The summed E-state index contributed by atoms with van der Waals surface area (Å²) in [6.45, 7) is 4.47. The molecule has 2 rings (SSSR count). The Morgan fingerprint density at radius 1 is 1.07 bits per heavy atom. The van der Waals surface area contributed by atoms with Gasteiger partial charge in [-0.1, -0.05) is 38.7 Å². The third-order valence-corrected chi connectivity index (χ3v) is 7.09. The Kier molecular flexibility index (Phi) is 9.74. The van der Waals surface area contributed by atoms with Crippen LogP contribution in [0.2, 0.25) is 0 Å². The van der Waals surface area contributed by atoms with E-state index in [-0.39, 0.29) is 17.4 Å². The number of hydrogen-bond acceptors (Lipinski definition) is 5. The topological polar surface area (TPSA) is 105 Å². The van der Waals surface area contributed by atoms with Gasteiger partial charge in [-0.25, -0.2) is 13.9 Å². The highest BCUT2D eigenvalue weighted by Crippen LogP contribution is 2.25. The van der Waals surface area contributed by atoms with Gasteiger partial charge in [-0.05, 0) is 43.9 Å². The smallest absolute Gasteiger partial charge is 0.253 e. The molecule has 0 bridgehead atoms. The SMILES string of the molecule is CCCCCC(=O)NOCC(=O)Nc1ccc(C)c(S(=O)(=O)N2CCCCCC2)c1. The fourth-order valence-corrected chi connectivity index (χ4v) is 5.11. The maximum Gasteiger partial charge on any atom is 0.253 e. The van der Waals surface area contributed by atoms with E-state index in [1.165, 1.54) is 10.4 Å². The molecule has 1 aromatic rings. The zero-order valence-electron chi connectivity index (χ0n) is 17.9. The number of unbranched alkanes of at least 4 members (excludes halogenated alkanes) is 2. The van der Waals surface area contributed by atoms with Crippen LogP contribution in [0.25, 0.3) is 0 Å². The number of hydroxylamine groups is 1. The first-order chi connectivity index (χ1) is 14.3. The number of anilines is 1. The van der Waals surface area contributed by atoms with Crippen molar-refractivity contribution in [2.45, 2.75) is 70.1 Å². The Hall–Kier alpha value is -1.97. The van der Waals surface area contributed by atoms with Crippen LogP contribution in [0.4, 0.5) is 5.69 Å². The average molecular weight is 440 g/mol. The summed E-state index contributed by atoms with van der Waals surface area (Å²) in [5.74, 6) is -0.747. The van der Waals surface area contributed by atoms with Crippen LogP contribution in [0.3, 0.4) is 0 Å². The molecule has 30 heavy (non-hydrogen) atoms. The van der Waals surface area contributed by atoms with Gasteiger partial charge in [-0.3, -0.25) is 14.4 Å². The Labute approximate surface area is 179 Å². The molecule has 0 atom stereocenters. The lowest BCUT2D eigenvalue weighted by Gasteiger charge is -2.21. The van der Waals surface area contributed by atoms with Crippen LogP contribution in [0.15, 0.2) is 23.1 Å². The van der Waals surface area contributed by atoms with Gasteiger partial charge in [0.2, 0.25) is 15.9 Å². The maximum atomic E-state index is 13.1. The van der Waals surface area contributed by atoms with E-state index in [4.69, 9.17) is 4.84 Å². The highest BCUT2D eigenvalue weighted by atomic mass is 32.2. The first-order valence-electron chi connectivity index (χ1n) is 10.7. The lowest BCUT2D eigenvalue weighted by atomic mass is 10.2. The van der Waals surface area contributed by atoms with E-state index in [1.807, 2.05) is 0 Å². The lowest BCUT2D eigenvalue weighted by molar-refractivity contribution is -0.137. The molecule has 9 heteroatoms. The molecule has 0 radical (unpaired) electrons. The number of hydrogen-bond donors (Lipinski definition) is 2. The molecule has 1 heterocycles. The number of benzene rings is 1. The number of carbonyl (C=O) groups excluding carboxylic acids is 2. The molecule has 0 aliphatic carbocycles. The van der Waals surface area contributed by atoms with E-state index < -0.39 is 15.9 Å². The van der Waals surface area contributed by atoms with Crippen molar-refractivity contribution >= 4 is 27.5 Å². The first kappa shape index (κ1) is 24.3. The van der Waals surface area contributed by atoms with Crippen molar-refractivity contribution in [2.75, 3.05) is 25.0 Å². The van der Waals surface area contributed by atoms with Crippen LogP contribution >= 0.6 is 0 Å². The molecule has 8 nitrogen and oxygen atoms in total. The van der Waals surface area contributed by atoms with Gasteiger partial charge < -0.3 is 5.32 Å². The minimum atomic E-state index is -3.62. The summed E-state index contributed by atoms with van der Waals surface area (Å²) in [4.78, 5) is 28.8. The largest absolute Gasteiger partial charge is 0.324 e. The molecule has 1 aliphatic rings. The van der Waals surface area contributed by atoms with Crippen molar-refractivity contribution < 1.29 is 22.8 Å². The van der Waals surface area contributed by atoms with E-state index in [9.17, 15) is 18.0 Å². The van der Waals surface area contributed by atoms with Gasteiger partial charge in [-0.15, -0.1) is 0 Å². The van der Waals surface area contributed by atoms with E-state index in [1.54, 1.807) is 19.1 Å². The third kappa shape index (κ3) is 7.37. The number of nitrogens with zero attached hydrogens (tertiary/aromatic N) is 1. The monoisotopic (exact) mass is 439 g/mol. The molecular formula is C21H33N3O5S. The van der Waals surface area contributed by atoms with E-state index in [0.717, 1.165) is 44.9 Å². The minimum Gasteiger partial charge on any atom is -0.324 e. The predicted molar refractivity (Wildman–Crippen MR) is 115 cm³/mol. The number of rotatable bonds is 10. The highest BCUT2D eigenvalue weighted by Gasteiger charge is 2.27. The summed E-state index contributed by atoms with van der Waals surface area (Å²) in [6.07, 6.45) is 6.89. The summed E-state index contributed by atoms with van der Waals surface area (Å²) in [7, 11) is -3.62. The number of nitrogens with one attached hydrogen (secondary N) is 2. The second-order valence-corrected chi connectivity index (χ2v) is 9.52. The molecule has 1 aromatic carbocycles. The van der Waals surface area contributed by atoms with Crippen LogP contribution in [0, 0.1) is 6.92 Å². The molecular weight excluding hydrogens is 406 g/mol. The van der Waals surface area contributed by atoms with Crippen LogP contribution < -0.4 is 10.8 Å². The average Bonchev–Trinajstić information content (AvgIpc) is 3.00. The molecule has 1 aliphatic heterocycles. The fourth-order valence-electron chi connectivity index (χ4n) is 3.34. The van der Waals surface area contributed by atoms with Gasteiger partial charge in [0.25, 0.3) is 5.91 Å². The summed E-state index contributed by atoms with van der Waals surface area (Å²) < 4.78 is 27.7. The van der Waals surface area contributed by atoms with Crippen LogP contribution in [-0.2, 0) is 24.4 Å². The van der Waals surface area contributed by atoms with E-state index >= 15 is 0 Å². The molecule has 0 saturated carbocycles. The highest BCUT2D eigenvalue weighted by molar-refractivity contribution is 7.89. The predicted octanol–water partition coefficient (Wildman–Crippen LogP) is 3.13. The fraction of sp³-hybridized carbons (Fsp3) is 0.619. The quantitative estimate of drug-likeness (QED) is 0.430. The summed E-state index contributed by atoms with van der Waals surface area (Å²) >= 11 is 0. The van der Waals surface area contributed by atoms with Crippen molar-refractivity contribution in [1.82, 2.24) is 9.79 Å². The molecule has 2 N–H and O–H groups in total. The lowest BCUT2D eigenvalue weighted by Crippen LogP contribution is -2.32. The second kappa shape index (κ2) is 12.0. The zero-order chi connectivity index (χ0) is 22.0.